The lowest BCUT2D eigenvalue weighted by Gasteiger charge is -2.29. The summed E-state index contributed by atoms with van der Waals surface area (Å²) in [6.45, 7) is 18.1. The molecule has 1 aromatic rings. The molecular weight excluding hydrogens is 332 g/mol. The second-order valence-corrected chi connectivity index (χ2v) is 7.22. The zero-order valence-electron chi connectivity index (χ0n) is 18.3. The van der Waals surface area contributed by atoms with Crippen LogP contribution >= 0.6 is 0 Å². The highest BCUT2D eigenvalue weighted by Crippen LogP contribution is 2.36. The number of rotatable bonds is 11. The number of benzene rings is 1. The van der Waals surface area contributed by atoms with Crippen LogP contribution in [-0.2, 0) is 5.41 Å². The van der Waals surface area contributed by atoms with Gasteiger partial charge in [-0.3, -0.25) is 0 Å². The van der Waals surface area contributed by atoms with Gasteiger partial charge in [0.05, 0.1) is 7.11 Å². The third-order valence-corrected chi connectivity index (χ3v) is 4.54. The number of anilines is 1. The number of nitrogens with one attached hydrogen (secondary N) is 2. The van der Waals surface area contributed by atoms with E-state index in [-0.39, 0.29) is 5.41 Å². The molecule has 3 heteroatoms. The van der Waals surface area contributed by atoms with E-state index in [2.05, 4.69) is 56.7 Å². The molecule has 0 saturated carbocycles. The molecule has 0 aromatic heterocycles. The summed E-state index contributed by atoms with van der Waals surface area (Å²) in [5.41, 5.74) is 3.81. The Labute approximate surface area is 167 Å². The topological polar surface area (TPSA) is 33.3 Å². The Kier molecular flexibility index (Phi) is 13.1. The van der Waals surface area contributed by atoms with Crippen molar-refractivity contribution in [3.8, 4) is 5.75 Å². The van der Waals surface area contributed by atoms with Crippen molar-refractivity contribution in [2.45, 2.75) is 52.4 Å². The molecule has 0 amide bonds. The lowest BCUT2D eigenvalue weighted by atomic mass is 9.79. The van der Waals surface area contributed by atoms with Crippen LogP contribution in [0.5, 0.6) is 5.75 Å². The van der Waals surface area contributed by atoms with Crippen molar-refractivity contribution in [3.63, 3.8) is 0 Å². The molecule has 2 N–H and O–H groups in total. The SMILES string of the molecule is C=C(CC)CNc1ccc(OC)cc1C(C)(C)CCCNC.C=C/C=C\C. The molecule has 0 spiro atoms. The molecule has 3 nitrogen and oxygen atoms in total. The summed E-state index contributed by atoms with van der Waals surface area (Å²) < 4.78 is 5.42. The first-order chi connectivity index (χ1) is 12.9. The van der Waals surface area contributed by atoms with E-state index in [4.69, 9.17) is 4.74 Å². The van der Waals surface area contributed by atoms with Crippen LogP contribution in [0.2, 0.25) is 0 Å². The van der Waals surface area contributed by atoms with Crippen LogP contribution in [0, 0.1) is 0 Å². The average Bonchev–Trinajstić information content (AvgIpc) is 2.67. The van der Waals surface area contributed by atoms with Gasteiger partial charge in [0.15, 0.2) is 0 Å². The van der Waals surface area contributed by atoms with Gasteiger partial charge in [-0.2, -0.15) is 0 Å². The molecule has 0 atom stereocenters. The molecule has 0 aliphatic heterocycles. The van der Waals surface area contributed by atoms with Gasteiger partial charge in [-0.25, -0.2) is 0 Å². The zero-order chi connectivity index (χ0) is 20.7. The van der Waals surface area contributed by atoms with Crippen molar-refractivity contribution in [1.82, 2.24) is 5.32 Å². The monoisotopic (exact) mass is 372 g/mol. The average molecular weight is 373 g/mol. The number of ether oxygens (including phenoxy) is 1. The third kappa shape index (κ3) is 10.0. The van der Waals surface area contributed by atoms with Crippen LogP contribution in [0.15, 0.2) is 55.2 Å². The molecule has 1 aromatic carbocycles. The number of allylic oxidation sites excluding steroid dienone is 3. The van der Waals surface area contributed by atoms with Crippen LogP contribution in [-0.4, -0.2) is 27.2 Å². The van der Waals surface area contributed by atoms with E-state index in [1.54, 1.807) is 13.2 Å². The number of hydrogen-bond acceptors (Lipinski definition) is 3. The third-order valence-electron chi connectivity index (χ3n) is 4.54. The molecule has 0 saturated heterocycles. The Hall–Kier alpha value is -2.00. The summed E-state index contributed by atoms with van der Waals surface area (Å²) in [7, 11) is 3.72. The van der Waals surface area contributed by atoms with E-state index in [0.717, 1.165) is 38.1 Å². The van der Waals surface area contributed by atoms with Crippen molar-refractivity contribution in [1.29, 1.82) is 0 Å². The molecule has 27 heavy (non-hydrogen) atoms. The highest BCUT2D eigenvalue weighted by molar-refractivity contribution is 5.57. The summed E-state index contributed by atoms with van der Waals surface area (Å²) in [4.78, 5) is 0. The van der Waals surface area contributed by atoms with E-state index < -0.39 is 0 Å². The minimum atomic E-state index is 0.0985. The molecular formula is C24H40N2O. The van der Waals surface area contributed by atoms with Gasteiger partial charge in [0.2, 0.25) is 0 Å². The fourth-order valence-corrected chi connectivity index (χ4v) is 2.69. The summed E-state index contributed by atoms with van der Waals surface area (Å²) in [5.74, 6) is 0.913. The summed E-state index contributed by atoms with van der Waals surface area (Å²) in [6.07, 6.45) is 8.86. The molecule has 0 bridgehead atoms. The van der Waals surface area contributed by atoms with Crippen LogP contribution < -0.4 is 15.4 Å². The van der Waals surface area contributed by atoms with E-state index >= 15 is 0 Å². The van der Waals surface area contributed by atoms with E-state index in [1.807, 2.05) is 32.2 Å². The summed E-state index contributed by atoms with van der Waals surface area (Å²) in [5, 5.41) is 6.77. The van der Waals surface area contributed by atoms with Crippen LogP contribution in [0.25, 0.3) is 0 Å². The second kappa shape index (κ2) is 14.1. The van der Waals surface area contributed by atoms with Gasteiger partial charge in [-0.05, 0) is 69.0 Å². The van der Waals surface area contributed by atoms with Gasteiger partial charge >= 0.3 is 0 Å². The lowest BCUT2D eigenvalue weighted by Crippen LogP contribution is -2.22. The van der Waals surface area contributed by atoms with E-state index in [1.165, 1.54) is 16.8 Å². The quantitative estimate of drug-likeness (QED) is 0.280. The minimum absolute atomic E-state index is 0.0985. The molecule has 0 aliphatic carbocycles. The molecule has 0 unspecified atom stereocenters. The van der Waals surface area contributed by atoms with Gasteiger partial charge in [0.25, 0.3) is 0 Å². The first kappa shape index (κ1) is 25.0. The van der Waals surface area contributed by atoms with Crippen molar-refractivity contribution in [3.05, 3.63) is 60.7 Å². The van der Waals surface area contributed by atoms with Gasteiger partial charge in [-0.1, -0.05) is 57.7 Å². The number of hydrogen-bond donors (Lipinski definition) is 2. The molecule has 0 fully saturated rings. The number of methoxy groups -OCH3 is 1. The van der Waals surface area contributed by atoms with Crippen LogP contribution in [0.1, 0.15) is 52.5 Å². The largest absolute Gasteiger partial charge is 0.497 e. The lowest BCUT2D eigenvalue weighted by molar-refractivity contribution is 0.409. The molecule has 1 rings (SSSR count). The van der Waals surface area contributed by atoms with Gasteiger partial charge in [0, 0.05) is 12.2 Å². The first-order valence-electron chi connectivity index (χ1n) is 9.83. The molecule has 0 aliphatic rings. The van der Waals surface area contributed by atoms with Gasteiger partial charge < -0.3 is 15.4 Å². The molecule has 152 valence electrons. The fourth-order valence-electron chi connectivity index (χ4n) is 2.69. The maximum absolute atomic E-state index is 5.42. The summed E-state index contributed by atoms with van der Waals surface area (Å²) >= 11 is 0. The van der Waals surface area contributed by atoms with Gasteiger partial charge in [-0.15, -0.1) is 0 Å². The zero-order valence-corrected chi connectivity index (χ0v) is 18.3. The molecule has 0 radical (unpaired) electrons. The Morgan fingerprint density at radius 2 is 2.00 bits per heavy atom. The normalized spacial score (nSPS) is 10.9. The predicted molar refractivity (Wildman–Crippen MR) is 122 cm³/mol. The Bertz CT molecular complexity index is 588. The van der Waals surface area contributed by atoms with E-state index in [0.29, 0.717) is 0 Å². The maximum Gasteiger partial charge on any atom is 0.119 e. The first-order valence-corrected chi connectivity index (χ1v) is 9.83. The smallest absolute Gasteiger partial charge is 0.119 e. The standard InChI is InChI=1S/C19H32N2O.C5H8/c1-7-15(2)14-21-18-10-9-16(22-6)13-17(18)19(3,4)11-8-12-20-5;1-3-5-4-2/h9-10,13,20-21H,2,7-8,11-12,14H2,1,3-6H3;3-5H,1H2,2H3/b;5-4-. The van der Waals surface area contributed by atoms with Crippen molar-refractivity contribution in [2.24, 2.45) is 0 Å². The Morgan fingerprint density at radius 3 is 2.48 bits per heavy atom. The van der Waals surface area contributed by atoms with Crippen molar-refractivity contribution < 1.29 is 4.74 Å². The van der Waals surface area contributed by atoms with Gasteiger partial charge in [0.1, 0.15) is 5.75 Å². The van der Waals surface area contributed by atoms with Crippen molar-refractivity contribution in [2.75, 3.05) is 32.6 Å². The van der Waals surface area contributed by atoms with Crippen molar-refractivity contribution >= 4 is 5.69 Å². The Balaban J connectivity index is 0.00000119. The highest BCUT2D eigenvalue weighted by Gasteiger charge is 2.24. The van der Waals surface area contributed by atoms with E-state index in [9.17, 15) is 0 Å². The highest BCUT2D eigenvalue weighted by atomic mass is 16.5. The minimum Gasteiger partial charge on any atom is -0.497 e. The molecule has 0 heterocycles. The fraction of sp³-hybridized carbons (Fsp3) is 0.500. The summed E-state index contributed by atoms with van der Waals surface area (Å²) in [6, 6.07) is 6.30. The predicted octanol–water partition coefficient (Wildman–Crippen LogP) is 6.10. The second-order valence-electron chi connectivity index (χ2n) is 7.22. The van der Waals surface area contributed by atoms with Crippen LogP contribution in [0.4, 0.5) is 5.69 Å². The maximum atomic E-state index is 5.42. The Morgan fingerprint density at radius 1 is 1.30 bits per heavy atom. The van der Waals surface area contributed by atoms with Crippen LogP contribution in [0.3, 0.4) is 0 Å².